The fourth-order valence-corrected chi connectivity index (χ4v) is 2.60. The first kappa shape index (κ1) is 11.4. The molecule has 0 unspecified atom stereocenters. The SMILES string of the molecule is O=C1Cc2ccc(Br)cc2C=Cc2ccccc21. The molecule has 0 amide bonds. The van der Waals surface area contributed by atoms with Gasteiger partial charge in [0.2, 0.25) is 0 Å². The predicted octanol–water partition coefficient (Wildman–Crippen LogP) is 4.36. The summed E-state index contributed by atoms with van der Waals surface area (Å²) in [4.78, 5) is 12.3. The summed E-state index contributed by atoms with van der Waals surface area (Å²) in [5, 5.41) is 0. The summed E-state index contributed by atoms with van der Waals surface area (Å²) in [6.45, 7) is 0. The van der Waals surface area contributed by atoms with Crippen LogP contribution in [0.15, 0.2) is 46.9 Å². The van der Waals surface area contributed by atoms with Crippen molar-refractivity contribution in [1.29, 1.82) is 0 Å². The van der Waals surface area contributed by atoms with Crippen molar-refractivity contribution in [2.24, 2.45) is 0 Å². The van der Waals surface area contributed by atoms with Crippen LogP contribution in [0, 0.1) is 0 Å². The van der Waals surface area contributed by atoms with Crippen LogP contribution < -0.4 is 0 Å². The molecule has 1 nitrogen and oxygen atoms in total. The summed E-state index contributed by atoms with van der Waals surface area (Å²) in [6.07, 6.45) is 4.55. The lowest BCUT2D eigenvalue weighted by atomic mass is 9.92. The van der Waals surface area contributed by atoms with Gasteiger partial charge in [0.15, 0.2) is 5.78 Å². The summed E-state index contributed by atoms with van der Waals surface area (Å²) in [6, 6.07) is 13.8. The summed E-state index contributed by atoms with van der Waals surface area (Å²) >= 11 is 3.46. The molecule has 0 saturated heterocycles. The number of fused-ring (bicyclic) bond motifs is 2. The summed E-state index contributed by atoms with van der Waals surface area (Å²) in [5.41, 5.74) is 3.98. The second-order valence-corrected chi connectivity index (χ2v) is 5.28. The van der Waals surface area contributed by atoms with E-state index in [9.17, 15) is 4.79 Å². The minimum atomic E-state index is 0.179. The minimum Gasteiger partial charge on any atom is -0.294 e. The molecule has 2 heteroatoms. The Morgan fingerprint density at radius 1 is 0.944 bits per heavy atom. The number of carbonyl (C=O) groups is 1. The van der Waals surface area contributed by atoms with Crippen LogP contribution in [0.5, 0.6) is 0 Å². The maximum Gasteiger partial charge on any atom is 0.167 e. The van der Waals surface area contributed by atoms with E-state index in [0.29, 0.717) is 6.42 Å². The van der Waals surface area contributed by atoms with E-state index >= 15 is 0 Å². The van der Waals surface area contributed by atoms with E-state index in [0.717, 1.165) is 26.7 Å². The first-order valence-corrected chi connectivity index (χ1v) is 6.62. The molecule has 0 radical (unpaired) electrons. The van der Waals surface area contributed by atoms with Gasteiger partial charge < -0.3 is 0 Å². The number of halogens is 1. The van der Waals surface area contributed by atoms with Gasteiger partial charge in [0.25, 0.3) is 0 Å². The largest absolute Gasteiger partial charge is 0.294 e. The molecule has 0 atom stereocenters. The lowest BCUT2D eigenvalue weighted by molar-refractivity contribution is 0.0992. The maximum atomic E-state index is 12.3. The van der Waals surface area contributed by atoms with Gasteiger partial charge in [-0.15, -0.1) is 0 Å². The molecule has 2 aromatic rings. The lowest BCUT2D eigenvalue weighted by Crippen LogP contribution is -2.08. The summed E-state index contributed by atoms with van der Waals surface area (Å²) in [5.74, 6) is 0.179. The third kappa shape index (κ3) is 2.04. The summed E-state index contributed by atoms with van der Waals surface area (Å²) < 4.78 is 1.03. The van der Waals surface area contributed by atoms with Crippen molar-refractivity contribution in [2.75, 3.05) is 0 Å². The highest BCUT2D eigenvalue weighted by Crippen LogP contribution is 2.24. The fraction of sp³-hybridized carbons (Fsp3) is 0.0625. The molecule has 0 bridgehead atoms. The van der Waals surface area contributed by atoms with E-state index in [1.165, 1.54) is 0 Å². The Hall–Kier alpha value is -1.67. The normalized spacial score (nSPS) is 13.5. The third-order valence-electron chi connectivity index (χ3n) is 3.16. The van der Waals surface area contributed by atoms with Crippen molar-refractivity contribution in [3.8, 4) is 0 Å². The van der Waals surface area contributed by atoms with E-state index in [1.54, 1.807) is 0 Å². The van der Waals surface area contributed by atoms with E-state index in [2.05, 4.69) is 22.0 Å². The lowest BCUT2D eigenvalue weighted by Gasteiger charge is -2.12. The average molecular weight is 299 g/mol. The molecule has 18 heavy (non-hydrogen) atoms. The van der Waals surface area contributed by atoms with Crippen LogP contribution in [0.3, 0.4) is 0 Å². The summed E-state index contributed by atoms with van der Waals surface area (Å²) in [7, 11) is 0. The number of ketones is 1. The first-order chi connectivity index (χ1) is 8.74. The average Bonchev–Trinajstić information content (AvgIpc) is 2.37. The van der Waals surface area contributed by atoms with Gasteiger partial charge >= 0.3 is 0 Å². The zero-order chi connectivity index (χ0) is 12.5. The molecule has 0 aliphatic heterocycles. The molecular weight excluding hydrogens is 288 g/mol. The molecule has 88 valence electrons. The van der Waals surface area contributed by atoms with Crippen molar-refractivity contribution in [3.05, 3.63) is 69.2 Å². The van der Waals surface area contributed by atoms with E-state index in [1.807, 2.05) is 48.5 Å². The van der Waals surface area contributed by atoms with Gasteiger partial charge in [-0.25, -0.2) is 0 Å². The Bertz CT molecular complexity index is 656. The monoisotopic (exact) mass is 298 g/mol. The molecule has 3 rings (SSSR count). The first-order valence-electron chi connectivity index (χ1n) is 5.83. The predicted molar refractivity (Wildman–Crippen MR) is 77.5 cm³/mol. The Kier molecular flexibility index (Phi) is 2.88. The van der Waals surface area contributed by atoms with Crippen molar-refractivity contribution >= 4 is 33.9 Å². The Labute approximate surface area is 114 Å². The van der Waals surface area contributed by atoms with Crippen LogP contribution >= 0.6 is 15.9 Å². The van der Waals surface area contributed by atoms with Crippen LogP contribution in [-0.4, -0.2) is 5.78 Å². The van der Waals surface area contributed by atoms with Gasteiger partial charge in [0, 0.05) is 16.5 Å². The fourth-order valence-electron chi connectivity index (χ4n) is 2.23. The third-order valence-corrected chi connectivity index (χ3v) is 3.66. The number of benzene rings is 2. The Balaban J connectivity index is 2.18. The smallest absolute Gasteiger partial charge is 0.167 e. The number of hydrogen-bond acceptors (Lipinski definition) is 1. The van der Waals surface area contributed by atoms with Crippen LogP contribution in [0.2, 0.25) is 0 Å². The van der Waals surface area contributed by atoms with Crippen LogP contribution in [0.1, 0.15) is 27.0 Å². The van der Waals surface area contributed by atoms with Crippen LogP contribution in [0.4, 0.5) is 0 Å². The molecule has 0 aromatic heterocycles. The number of carbonyl (C=O) groups excluding carboxylic acids is 1. The maximum absolute atomic E-state index is 12.3. The topological polar surface area (TPSA) is 17.1 Å². The molecule has 0 fully saturated rings. The number of hydrogen-bond donors (Lipinski definition) is 0. The quantitative estimate of drug-likeness (QED) is 0.706. The highest BCUT2D eigenvalue weighted by Gasteiger charge is 2.14. The highest BCUT2D eigenvalue weighted by molar-refractivity contribution is 9.10. The van der Waals surface area contributed by atoms with Crippen LogP contribution in [0.25, 0.3) is 12.2 Å². The van der Waals surface area contributed by atoms with Gasteiger partial charge in [0.05, 0.1) is 0 Å². The molecule has 1 aliphatic rings. The standard InChI is InChI=1S/C16H11BrO/c17-14-8-7-13-10-16(18)15-4-2-1-3-11(15)5-6-12(13)9-14/h1-9H,10H2. The van der Waals surface area contributed by atoms with E-state index < -0.39 is 0 Å². The van der Waals surface area contributed by atoms with Gasteiger partial charge in [-0.1, -0.05) is 58.4 Å². The Morgan fingerprint density at radius 2 is 1.72 bits per heavy atom. The van der Waals surface area contributed by atoms with Gasteiger partial charge in [-0.05, 0) is 28.8 Å². The van der Waals surface area contributed by atoms with Crippen molar-refractivity contribution in [2.45, 2.75) is 6.42 Å². The molecule has 2 aromatic carbocycles. The molecular formula is C16H11BrO. The molecule has 0 heterocycles. The van der Waals surface area contributed by atoms with E-state index in [4.69, 9.17) is 0 Å². The molecule has 0 saturated carbocycles. The molecule has 1 aliphatic carbocycles. The van der Waals surface area contributed by atoms with Crippen molar-refractivity contribution in [1.82, 2.24) is 0 Å². The van der Waals surface area contributed by atoms with Gasteiger partial charge in [0.1, 0.15) is 0 Å². The second-order valence-electron chi connectivity index (χ2n) is 4.36. The minimum absolute atomic E-state index is 0.179. The van der Waals surface area contributed by atoms with Gasteiger partial charge in [-0.2, -0.15) is 0 Å². The van der Waals surface area contributed by atoms with Crippen LogP contribution in [-0.2, 0) is 6.42 Å². The molecule has 0 spiro atoms. The number of rotatable bonds is 0. The zero-order valence-electron chi connectivity index (χ0n) is 9.69. The van der Waals surface area contributed by atoms with Crippen molar-refractivity contribution in [3.63, 3.8) is 0 Å². The number of Topliss-reactive ketones (excluding diaryl/α,β-unsaturated/α-hetero) is 1. The molecule has 0 N–H and O–H groups in total. The second kappa shape index (κ2) is 4.54. The van der Waals surface area contributed by atoms with E-state index in [-0.39, 0.29) is 5.78 Å². The van der Waals surface area contributed by atoms with Gasteiger partial charge in [-0.3, -0.25) is 4.79 Å². The van der Waals surface area contributed by atoms with Crippen molar-refractivity contribution < 1.29 is 4.79 Å². The zero-order valence-corrected chi connectivity index (χ0v) is 11.3. The highest BCUT2D eigenvalue weighted by atomic mass is 79.9. The Morgan fingerprint density at radius 3 is 2.61 bits per heavy atom.